The molecule has 0 aromatic carbocycles. The fourth-order valence-corrected chi connectivity index (χ4v) is 3.91. The van der Waals surface area contributed by atoms with E-state index >= 15 is 0 Å². The number of alkyl halides is 2. The van der Waals surface area contributed by atoms with Gasteiger partial charge in [0, 0.05) is 24.9 Å². The lowest BCUT2D eigenvalue weighted by Crippen LogP contribution is -2.45. The first-order valence-corrected chi connectivity index (χ1v) is 8.27. The zero-order valence-electron chi connectivity index (χ0n) is 12.1. The summed E-state index contributed by atoms with van der Waals surface area (Å²) in [7, 11) is 0. The monoisotopic (exact) mass is 311 g/mol. The molecule has 0 aromatic rings. The van der Waals surface area contributed by atoms with Gasteiger partial charge in [0.1, 0.15) is 6.17 Å². The first-order chi connectivity index (χ1) is 10.1. The molecule has 1 aliphatic carbocycles. The molecule has 21 heavy (non-hydrogen) atoms. The minimum Gasteiger partial charge on any atom is -0.387 e. The minimum absolute atomic E-state index is 0.267. The van der Waals surface area contributed by atoms with Gasteiger partial charge in [0.2, 0.25) is 0 Å². The van der Waals surface area contributed by atoms with Crippen molar-refractivity contribution in [1.29, 1.82) is 0 Å². The van der Waals surface area contributed by atoms with Crippen LogP contribution in [0.2, 0.25) is 0 Å². The fraction of sp³-hybridized carbons (Fsp3) is 0.688. The van der Waals surface area contributed by atoms with Crippen molar-refractivity contribution in [2.24, 2.45) is 22.6 Å². The summed E-state index contributed by atoms with van der Waals surface area (Å²) in [5.74, 6) is 1.50. The van der Waals surface area contributed by atoms with Crippen molar-refractivity contribution in [3.05, 3.63) is 23.8 Å². The van der Waals surface area contributed by atoms with Gasteiger partial charge >= 0.3 is 0 Å². The minimum atomic E-state index is -1.02. The molecule has 0 spiro atoms. The number of nitrogens with zero attached hydrogens (tertiary/aromatic N) is 1. The molecule has 5 atom stereocenters. The van der Waals surface area contributed by atoms with Crippen molar-refractivity contribution >= 4 is 17.4 Å². The zero-order valence-corrected chi connectivity index (χ0v) is 12.9. The van der Waals surface area contributed by atoms with Crippen LogP contribution in [0.3, 0.4) is 0 Å². The Labute approximate surface area is 130 Å². The van der Waals surface area contributed by atoms with Gasteiger partial charge in [-0.1, -0.05) is 23.8 Å². The fourth-order valence-electron chi connectivity index (χ4n) is 3.62. The molecule has 5 unspecified atom stereocenters. The molecule has 0 saturated heterocycles. The van der Waals surface area contributed by atoms with Gasteiger partial charge in [0.05, 0.1) is 11.2 Å². The van der Waals surface area contributed by atoms with Gasteiger partial charge in [0.15, 0.2) is 0 Å². The van der Waals surface area contributed by atoms with E-state index in [2.05, 4.69) is 16.4 Å². The molecule has 116 valence electrons. The molecule has 0 radical (unpaired) electrons. The Morgan fingerprint density at radius 1 is 1.38 bits per heavy atom. The van der Waals surface area contributed by atoms with Crippen molar-refractivity contribution in [2.45, 2.75) is 43.3 Å². The Morgan fingerprint density at radius 3 is 2.95 bits per heavy atom. The summed E-state index contributed by atoms with van der Waals surface area (Å²) in [4.78, 5) is 4.41. The lowest BCUT2D eigenvalue weighted by atomic mass is 9.77. The number of halogens is 2. The van der Waals surface area contributed by atoms with E-state index in [1.807, 2.05) is 6.08 Å². The second kappa shape index (κ2) is 6.49. The Kier molecular flexibility index (Phi) is 4.65. The van der Waals surface area contributed by atoms with E-state index in [0.29, 0.717) is 12.3 Å². The summed E-state index contributed by atoms with van der Waals surface area (Å²) >= 11 is 6.12. The normalized spacial score (nSPS) is 40.6. The van der Waals surface area contributed by atoms with E-state index in [9.17, 15) is 4.39 Å². The molecule has 0 amide bonds. The van der Waals surface area contributed by atoms with E-state index in [1.54, 1.807) is 6.08 Å². The van der Waals surface area contributed by atoms with Crippen molar-refractivity contribution in [2.75, 3.05) is 13.1 Å². The van der Waals surface area contributed by atoms with E-state index in [1.165, 1.54) is 5.57 Å². The van der Waals surface area contributed by atoms with Crippen LogP contribution in [0.5, 0.6) is 0 Å². The van der Waals surface area contributed by atoms with Crippen LogP contribution in [0.25, 0.3) is 0 Å². The third kappa shape index (κ3) is 3.32. The van der Waals surface area contributed by atoms with E-state index < -0.39 is 11.5 Å². The van der Waals surface area contributed by atoms with Crippen molar-refractivity contribution < 1.29 is 4.39 Å². The summed E-state index contributed by atoms with van der Waals surface area (Å²) in [6.07, 6.45) is 8.63. The van der Waals surface area contributed by atoms with Gasteiger partial charge in [-0.3, -0.25) is 4.99 Å². The highest BCUT2D eigenvalue weighted by molar-refractivity contribution is 6.21. The van der Waals surface area contributed by atoms with E-state index in [4.69, 9.17) is 17.3 Å². The number of hydrogen-bond acceptors (Lipinski definition) is 3. The number of aliphatic imine (C=N–C) groups is 1. The van der Waals surface area contributed by atoms with Gasteiger partial charge < -0.3 is 11.1 Å². The molecule has 5 heteroatoms. The standard InChI is InChI=1S/C16H23ClFN3/c17-13-8-10(3-5-14(13)18)16-12(2-1-7-20-16)11-4-6-15(19)21-9-11/h2-3,5,10-11,13-14,16,20H,1,4,6-9H2,(H2,19,21). The Bertz CT molecular complexity index is 474. The van der Waals surface area contributed by atoms with Crippen LogP contribution in [0.15, 0.2) is 28.8 Å². The lowest BCUT2D eigenvalue weighted by Gasteiger charge is -2.38. The smallest absolute Gasteiger partial charge is 0.135 e. The molecule has 3 N–H and O–H groups in total. The number of amidine groups is 1. The average Bonchev–Trinajstić information content (AvgIpc) is 2.51. The molecule has 3 rings (SSSR count). The van der Waals surface area contributed by atoms with Crippen molar-refractivity contribution in [1.82, 2.24) is 5.32 Å². The molecule has 0 bridgehead atoms. The third-order valence-corrected chi connectivity index (χ3v) is 5.21. The summed E-state index contributed by atoms with van der Waals surface area (Å²) in [5, 5.41) is 3.19. The lowest BCUT2D eigenvalue weighted by molar-refractivity contribution is 0.305. The third-order valence-electron chi connectivity index (χ3n) is 4.80. The molecule has 0 saturated carbocycles. The second-order valence-electron chi connectivity index (χ2n) is 6.24. The maximum Gasteiger partial charge on any atom is 0.135 e. The van der Waals surface area contributed by atoms with E-state index in [0.717, 1.165) is 38.2 Å². The predicted molar refractivity (Wildman–Crippen MR) is 85.5 cm³/mol. The highest BCUT2D eigenvalue weighted by Gasteiger charge is 2.34. The van der Waals surface area contributed by atoms with Crippen LogP contribution in [0.4, 0.5) is 4.39 Å². The summed E-state index contributed by atoms with van der Waals surface area (Å²) < 4.78 is 13.5. The van der Waals surface area contributed by atoms with Gasteiger partial charge in [0.25, 0.3) is 0 Å². The highest BCUT2D eigenvalue weighted by atomic mass is 35.5. The summed E-state index contributed by atoms with van der Waals surface area (Å²) in [6.45, 7) is 1.75. The quantitative estimate of drug-likeness (QED) is 0.608. The number of hydrogen-bond donors (Lipinski definition) is 2. The second-order valence-corrected chi connectivity index (χ2v) is 6.80. The first-order valence-electron chi connectivity index (χ1n) is 7.83. The summed E-state index contributed by atoms with van der Waals surface area (Å²) in [6, 6.07) is 0.267. The average molecular weight is 312 g/mol. The van der Waals surface area contributed by atoms with Crippen LogP contribution < -0.4 is 11.1 Å². The zero-order chi connectivity index (χ0) is 14.8. The molecule has 0 aromatic heterocycles. The van der Waals surface area contributed by atoms with Gasteiger partial charge in [-0.05, 0) is 31.7 Å². The van der Waals surface area contributed by atoms with Gasteiger partial charge in [-0.15, -0.1) is 11.6 Å². The predicted octanol–water partition coefficient (Wildman–Crippen LogP) is 2.56. The summed E-state index contributed by atoms with van der Waals surface area (Å²) in [5.41, 5.74) is 7.21. The van der Waals surface area contributed by atoms with Crippen molar-refractivity contribution in [3.8, 4) is 0 Å². The SMILES string of the molecule is NC1=NCC(C2=CCCNC2C2C=CC(F)C(Cl)C2)CC1. The topological polar surface area (TPSA) is 50.4 Å². The molecular formula is C16H23ClFN3. The highest BCUT2D eigenvalue weighted by Crippen LogP contribution is 2.35. The number of nitrogens with one attached hydrogen (secondary N) is 1. The molecule has 2 heterocycles. The van der Waals surface area contributed by atoms with Crippen LogP contribution in [0.1, 0.15) is 25.7 Å². The largest absolute Gasteiger partial charge is 0.387 e. The number of rotatable bonds is 2. The number of nitrogens with two attached hydrogens (primary N) is 1. The number of allylic oxidation sites excluding steroid dienone is 1. The van der Waals surface area contributed by atoms with Crippen molar-refractivity contribution in [3.63, 3.8) is 0 Å². The maximum absolute atomic E-state index is 13.5. The van der Waals surface area contributed by atoms with Crippen LogP contribution in [-0.2, 0) is 0 Å². The first kappa shape index (κ1) is 15.0. The maximum atomic E-state index is 13.5. The Morgan fingerprint density at radius 2 is 2.24 bits per heavy atom. The van der Waals surface area contributed by atoms with Gasteiger partial charge in [-0.2, -0.15) is 0 Å². The molecule has 3 aliphatic rings. The Balaban J connectivity index is 1.76. The molecule has 3 nitrogen and oxygen atoms in total. The van der Waals surface area contributed by atoms with Crippen LogP contribution in [-0.4, -0.2) is 36.5 Å². The van der Waals surface area contributed by atoms with Gasteiger partial charge in [-0.25, -0.2) is 4.39 Å². The molecule has 0 fully saturated rings. The van der Waals surface area contributed by atoms with Crippen LogP contribution >= 0.6 is 11.6 Å². The molecular weight excluding hydrogens is 289 g/mol. The van der Waals surface area contributed by atoms with Crippen LogP contribution in [0, 0.1) is 11.8 Å². The Hall–Kier alpha value is -0.870. The molecule has 2 aliphatic heterocycles. The van der Waals surface area contributed by atoms with E-state index in [-0.39, 0.29) is 12.0 Å².